The number of ether oxygens (including phenoxy) is 1. The Morgan fingerprint density at radius 3 is 2.54 bits per heavy atom. The lowest BCUT2D eigenvalue weighted by atomic mass is 10.0. The summed E-state index contributed by atoms with van der Waals surface area (Å²) in [6, 6.07) is 21.3. The molecule has 0 aliphatic heterocycles. The Bertz CT molecular complexity index is 1070. The van der Waals surface area contributed by atoms with Crippen molar-refractivity contribution in [1.82, 2.24) is 0 Å². The van der Waals surface area contributed by atoms with Gasteiger partial charge in [-0.15, -0.1) is 0 Å². The van der Waals surface area contributed by atoms with Crippen LogP contribution in [0.1, 0.15) is 16.7 Å². The maximum absolute atomic E-state index is 13.9. The van der Waals surface area contributed by atoms with Gasteiger partial charge in [-0.3, -0.25) is 10.1 Å². The van der Waals surface area contributed by atoms with Crippen molar-refractivity contribution in [3.05, 3.63) is 105 Å². The lowest BCUT2D eigenvalue weighted by molar-refractivity contribution is -0.384. The molecule has 0 unspecified atom stereocenters. The zero-order valence-electron chi connectivity index (χ0n) is 14.7. The first-order valence-electron chi connectivity index (χ1n) is 8.40. The van der Waals surface area contributed by atoms with Crippen molar-refractivity contribution >= 4 is 17.3 Å². The highest BCUT2D eigenvalue weighted by atomic mass is 19.1. The zero-order chi connectivity index (χ0) is 19.9. The molecule has 0 atom stereocenters. The molecular formula is C22H15FN2O3. The summed E-state index contributed by atoms with van der Waals surface area (Å²) in [6.07, 6.45) is 1.60. The minimum Gasteiger partial charge on any atom is -0.489 e. The molecule has 0 spiro atoms. The molecular weight excluding hydrogens is 359 g/mol. The summed E-state index contributed by atoms with van der Waals surface area (Å²) in [5.41, 5.74) is 1.89. The Morgan fingerprint density at radius 2 is 1.86 bits per heavy atom. The molecule has 0 aromatic heterocycles. The molecule has 0 fully saturated rings. The average Bonchev–Trinajstić information content (AvgIpc) is 2.72. The number of nitro benzene ring substituents is 1. The van der Waals surface area contributed by atoms with E-state index in [-0.39, 0.29) is 23.4 Å². The van der Waals surface area contributed by atoms with Crippen molar-refractivity contribution in [2.75, 3.05) is 0 Å². The molecule has 0 saturated heterocycles. The van der Waals surface area contributed by atoms with Crippen LogP contribution in [0, 0.1) is 27.3 Å². The quantitative estimate of drug-likeness (QED) is 0.251. The standard InChI is InChI=1S/C22H15FN2O3/c23-22-7-2-1-6-21(22)18(14-24)12-16-8-10-20(11-9-16)28-15-17-4-3-5-19(13-17)25(26)27/h1-13H,15H2/b18-12-. The first kappa shape index (κ1) is 18.8. The highest BCUT2D eigenvalue weighted by Gasteiger charge is 2.08. The summed E-state index contributed by atoms with van der Waals surface area (Å²) in [5.74, 6) is 0.125. The van der Waals surface area contributed by atoms with Crippen molar-refractivity contribution in [1.29, 1.82) is 5.26 Å². The highest BCUT2D eigenvalue weighted by molar-refractivity contribution is 5.89. The molecule has 5 nitrogen and oxygen atoms in total. The lowest BCUT2D eigenvalue weighted by Crippen LogP contribution is -1.97. The number of nitro groups is 1. The second-order valence-electron chi connectivity index (χ2n) is 5.93. The third-order valence-electron chi connectivity index (χ3n) is 4.00. The van der Waals surface area contributed by atoms with E-state index in [1.165, 1.54) is 18.2 Å². The Hall–Kier alpha value is -3.98. The predicted molar refractivity (Wildman–Crippen MR) is 104 cm³/mol. The second kappa shape index (κ2) is 8.60. The van der Waals surface area contributed by atoms with E-state index < -0.39 is 10.7 Å². The summed E-state index contributed by atoms with van der Waals surface area (Å²) >= 11 is 0. The topological polar surface area (TPSA) is 76.2 Å². The summed E-state index contributed by atoms with van der Waals surface area (Å²) in [6.45, 7) is 0.190. The van der Waals surface area contributed by atoms with Gasteiger partial charge in [0.25, 0.3) is 5.69 Å². The van der Waals surface area contributed by atoms with Gasteiger partial charge in [-0.2, -0.15) is 5.26 Å². The van der Waals surface area contributed by atoms with E-state index in [1.54, 1.807) is 60.7 Å². The molecule has 6 heteroatoms. The van der Waals surface area contributed by atoms with Gasteiger partial charge in [0.1, 0.15) is 18.2 Å². The van der Waals surface area contributed by atoms with Gasteiger partial charge in [0.05, 0.1) is 16.6 Å². The van der Waals surface area contributed by atoms with Gasteiger partial charge in [0.15, 0.2) is 0 Å². The molecule has 0 aliphatic carbocycles. The van der Waals surface area contributed by atoms with Crippen LogP contribution >= 0.6 is 0 Å². The fourth-order valence-electron chi connectivity index (χ4n) is 2.60. The Labute approximate surface area is 161 Å². The Morgan fingerprint density at radius 1 is 1.11 bits per heavy atom. The second-order valence-corrected chi connectivity index (χ2v) is 5.93. The normalized spacial score (nSPS) is 10.9. The van der Waals surface area contributed by atoms with E-state index in [0.29, 0.717) is 11.3 Å². The van der Waals surface area contributed by atoms with Gasteiger partial charge in [-0.25, -0.2) is 4.39 Å². The van der Waals surface area contributed by atoms with Gasteiger partial charge in [-0.1, -0.05) is 42.5 Å². The largest absolute Gasteiger partial charge is 0.489 e. The average molecular weight is 374 g/mol. The smallest absolute Gasteiger partial charge is 0.269 e. The van der Waals surface area contributed by atoms with Crippen LogP contribution in [0.5, 0.6) is 5.75 Å². The zero-order valence-corrected chi connectivity index (χ0v) is 14.7. The lowest BCUT2D eigenvalue weighted by Gasteiger charge is -2.07. The number of hydrogen-bond donors (Lipinski definition) is 0. The third kappa shape index (κ3) is 4.59. The van der Waals surface area contributed by atoms with Crippen LogP contribution in [0.4, 0.5) is 10.1 Å². The minimum absolute atomic E-state index is 0.0127. The van der Waals surface area contributed by atoms with Gasteiger partial charge < -0.3 is 4.74 Å². The maximum atomic E-state index is 13.9. The van der Waals surface area contributed by atoms with Gasteiger partial charge in [0, 0.05) is 17.7 Å². The van der Waals surface area contributed by atoms with E-state index in [4.69, 9.17) is 4.74 Å². The molecule has 3 rings (SSSR count). The van der Waals surface area contributed by atoms with Crippen LogP contribution in [-0.2, 0) is 6.61 Å². The van der Waals surface area contributed by atoms with Crippen LogP contribution in [0.3, 0.4) is 0 Å². The van der Waals surface area contributed by atoms with E-state index in [1.807, 2.05) is 6.07 Å². The van der Waals surface area contributed by atoms with Gasteiger partial charge in [0.2, 0.25) is 0 Å². The molecule has 28 heavy (non-hydrogen) atoms. The fraction of sp³-hybridized carbons (Fsp3) is 0.0455. The molecule has 0 radical (unpaired) electrons. The molecule has 138 valence electrons. The van der Waals surface area contributed by atoms with Crippen LogP contribution in [0.15, 0.2) is 72.8 Å². The molecule has 3 aromatic rings. The third-order valence-corrected chi connectivity index (χ3v) is 4.00. The highest BCUT2D eigenvalue weighted by Crippen LogP contribution is 2.22. The van der Waals surface area contributed by atoms with Crippen LogP contribution in [0.2, 0.25) is 0 Å². The van der Waals surface area contributed by atoms with E-state index >= 15 is 0 Å². The van der Waals surface area contributed by atoms with E-state index in [9.17, 15) is 19.8 Å². The molecule has 0 bridgehead atoms. The fourth-order valence-corrected chi connectivity index (χ4v) is 2.60. The summed E-state index contributed by atoms with van der Waals surface area (Å²) in [5, 5.41) is 20.1. The maximum Gasteiger partial charge on any atom is 0.269 e. The van der Waals surface area contributed by atoms with E-state index in [0.717, 1.165) is 5.56 Å². The molecule has 0 amide bonds. The number of allylic oxidation sites excluding steroid dienone is 1. The SMILES string of the molecule is N#C/C(=C/c1ccc(OCc2cccc([N+](=O)[O-])c2)cc1)c1ccccc1F. The van der Waals surface area contributed by atoms with Crippen molar-refractivity contribution in [3.8, 4) is 11.8 Å². The first-order valence-corrected chi connectivity index (χ1v) is 8.40. The van der Waals surface area contributed by atoms with Crippen LogP contribution < -0.4 is 4.74 Å². The number of nitriles is 1. The predicted octanol–water partition coefficient (Wildman–Crippen LogP) is 5.38. The number of non-ortho nitro benzene ring substituents is 1. The van der Waals surface area contributed by atoms with Crippen molar-refractivity contribution in [3.63, 3.8) is 0 Å². The van der Waals surface area contributed by atoms with Crippen molar-refractivity contribution in [2.24, 2.45) is 0 Å². The summed E-state index contributed by atoms with van der Waals surface area (Å²) in [7, 11) is 0. The minimum atomic E-state index is -0.452. The Kier molecular flexibility index (Phi) is 5.78. The number of halogens is 1. The van der Waals surface area contributed by atoms with E-state index in [2.05, 4.69) is 0 Å². The van der Waals surface area contributed by atoms with Crippen molar-refractivity contribution < 1.29 is 14.1 Å². The Balaban J connectivity index is 1.71. The molecule has 0 heterocycles. The number of hydrogen-bond acceptors (Lipinski definition) is 4. The molecule has 0 aliphatic rings. The van der Waals surface area contributed by atoms with Crippen LogP contribution in [-0.4, -0.2) is 4.92 Å². The monoisotopic (exact) mass is 374 g/mol. The summed E-state index contributed by atoms with van der Waals surface area (Å²) in [4.78, 5) is 10.4. The van der Waals surface area contributed by atoms with Crippen molar-refractivity contribution in [2.45, 2.75) is 6.61 Å². The molecule has 0 saturated carbocycles. The summed E-state index contributed by atoms with van der Waals surface area (Å²) < 4.78 is 19.5. The molecule has 3 aromatic carbocycles. The van der Waals surface area contributed by atoms with Gasteiger partial charge >= 0.3 is 0 Å². The molecule has 0 N–H and O–H groups in total. The van der Waals surface area contributed by atoms with Gasteiger partial charge in [-0.05, 0) is 35.4 Å². The van der Waals surface area contributed by atoms with Crippen LogP contribution in [0.25, 0.3) is 11.6 Å². The number of rotatable bonds is 6. The number of nitrogens with zero attached hydrogens (tertiary/aromatic N) is 2. The first-order chi connectivity index (χ1) is 13.6. The number of benzene rings is 3.